The number of carbonyl (C=O) groups is 1. The molecule has 1 amide bonds. The van der Waals surface area contributed by atoms with Gasteiger partial charge in [-0.25, -0.2) is 5.48 Å². The van der Waals surface area contributed by atoms with Gasteiger partial charge in [0, 0.05) is 17.8 Å². The van der Waals surface area contributed by atoms with Crippen LogP contribution < -0.4 is 10.8 Å². The van der Waals surface area contributed by atoms with E-state index in [4.69, 9.17) is 4.84 Å². The number of hydrogen-bond donors (Lipinski definition) is 3. The van der Waals surface area contributed by atoms with Crippen LogP contribution in [0, 0.1) is 12.8 Å². The number of anilines is 1. The van der Waals surface area contributed by atoms with E-state index in [-0.39, 0.29) is 12.5 Å². The van der Waals surface area contributed by atoms with Crippen molar-refractivity contribution in [3.63, 3.8) is 0 Å². The highest BCUT2D eigenvalue weighted by Gasteiger charge is 2.17. The number of nitrogens with one attached hydrogen (secondary N) is 2. The Hall–Kier alpha value is -1.63. The summed E-state index contributed by atoms with van der Waals surface area (Å²) in [7, 11) is 2.16. The molecular weight excluding hydrogens is 318 g/mol. The van der Waals surface area contributed by atoms with Gasteiger partial charge in [0.15, 0.2) is 0 Å². The quantitative estimate of drug-likeness (QED) is 0.658. The fourth-order valence-corrected chi connectivity index (χ4v) is 2.81. The lowest BCUT2D eigenvalue weighted by molar-refractivity contribution is -0.0522. The number of hydrogen-bond acceptors (Lipinski definition) is 5. The lowest BCUT2D eigenvalue weighted by atomic mass is 9.97. The zero-order valence-corrected chi connectivity index (χ0v) is 15.8. The molecule has 6 heteroatoms. The van der Waals surface area contributed by atoms with Gasteiger partial charge in [-0.15, -0.1) is 0 Å². The van der Waals surface area contributed by atoms with Gasteiger partial charge >= 0.3 is 0 Å². The summed E-state index contributed by atoms with van der Waals surface area (Å²) in [4.78, 5) is 19.6. The van der Waals surface area contributed by atoms with E-state index >= 15 is 0 Å². The van der Waals surface area contributed by atoms with Crippen LogP contribution in [0.3, 0.4) is 0 Å². The summed E-state index contributed by atoms with van der Waals surface area (Å²) in [5, 5.41) is 13.1. The first kappa shape index (κ1) is 19.7. The van der Waals surface area contributed by atoms with Crippen molar-refractivity contribution in [1.29, 1.82) is 0 Å². The van der Waals surface area contributed by atoms with Crippen LogP contribution in [0.2, 0.25) is 0 Å². The summed E-state index contributed by atoms with van der Waals surface area (Å²) < 4.78 is 0. The Bertz CT molecular complexity index is 576. The summed E-state index contributed by atoms with van der Waals surface area (Å²) in [6.07, 6.45) is 2.40. The molecule has 1 aromatic rings. The molecule has 1 heterocycles. The third-order valence-corrected chi connectivity index (χ3v) is 4.51. The minimum atomic E-state index is -0.985. The molecule has 140 valence electrons. The molecule has 25 heavy (non-hydrogen) atoms. The van der Waals surface area contributed by atoms with Crippen molar-refractivity contribution in [3.05, 3.63) is 29.3 Å². The zero-order chi connectivity index (χ0) is 18.4. The highest BCUT2D eigenvalue weighted by atomic mass is 16.7. The van der Waals surface area contributed by atoms with Gasteiger partial charge in [-0.1, -0.05) is 6.07 Å². The molecule has 0 aromatic heterocycles. The smallest absolute Gasteiger partial charge is 0.274 e. The summed E-state index contributed by atoms with van der Waals surface area (Å²) in [5.74, 6) is 0.356. The number of piperidine rings is 1. The maximum absolute atomic E-state index is 12.2. The second kappa shape index (κ2) is 8.65. The molecule has 1 aliphatic heterocycles. The van der Waals surface area contributed by atoms with Crippen LogP contribution in [0.15, 0.2) is 18.2 Å². The van der Waals surface area contributed by atoms with Crippen LogP contribution in [0.25, 0.3) is 0 Å². The summed E-state index contributed by atoms with van der Waals surface area (Å²) in [6, 6.07) is 5.56. The van der Waals surface area contributed by atoms with Gasteiger partial charge in [0.25, 0.3) is 5.91 Å². The van der Waals surface area contributed by atoms with E-state index in [0.29, 0.717) is 11.5 Å². The van der Waals surface area contributed by atoms with Crippen LogP contribution in [0.1, 0.15) is 42.6 Å². The third-order valence-electron chi connectivity index (χ3n) is 4.51. The number of hydroxylamine groups is 1. The van der Waals surface area contributed by atoms with Crippen LogP contribution in [-0.4, -0.2) is 54.8 Å². The van der Waals surface area contributed by atoms with Gasteiger partial charge in [-0.2, -0.15) is 0 Å². The lowest BCUT2D eigenvalue weighted by Crippen LogP contribution is -2.33. The molecule has 0 spiro atoms. The van der Waals surface area contributed by atoms with Crippen molar-refractivity contribution in [3.8, 4) is 0 Å². The summed E-state index contributed by atoms with van der Waals surface area (Å²) in [6.45, 7) is 8.52. The maximum atomic E-state index is 12.2. The van der Waals surface area contributed by atoms with E-state index in [0.717, 1.165) is 30.9 Å². The zero-order valence-electron chi connectivity index (χ0n) is 15.8. The summed E-state index contributed by atoms with van der Waals surface area (Å²) >= 11 is 0. The number of nitrogens with zero attached hydrogens (tertiary/aromatic N) is 1. The molecule has 1 fully saturated rings. The second-order valence-corrected chi connectivity index (χ2v) is 7.69. The summed E-state index contributed by atoms with van der Waals surface area (Å²) in [5.41, 5.74) is 4.02. The Morgan fingerprint density at radius 3 is 2.68 bits per heavy atom. The molecule has 3 N–H and O–H groups in total. The predicted molar refractivity (Wildman–Crippen MR) is 99.6 cm³/mol. The number of amides is 1. The van der Waals surface area contributed by atoms with E-state index in [2.05, 4.69) is 22.7 Å². The van der Waals surface area contributed by atoms with Gasteiger partial charge in [0.2, 0.25) is 0 Å². The molecule has 0 bridgehead atoms. The molecule has 1 saturated heterocycles. The highest BCUT2D eigenvalue weighted by Crippen LogP contribution is 2.20. The van der Waals surface area contributed by atoms with Crippen LogP contribution in [0.5, 0.6) is 0 Å². The Morgan fingerprint density at radius 1 is 1.36 bits per heavy atom. The average molecular weight is 349 g/mol. The largest absolute Gasteiger partial charge is 0.388 e. The predicted octanol–water partition coefficient (Wildman–Crippen LogP) is 2.18. The van der Waals surface area contributed by atoms with Crippen molar-refractivity contribution in [2.24, 2.45) is 5.92 Å². The lowest BCUT2D eigenvalue weighted by Gasteiger charge is -2.29. The van der Waals surface area contributed by atoms with Crippen molar-refractivity contribution in [2.75, 3.05) is 38.6 Å². The van der Waals surface area contributed by atoms with Gasteiger partial charge in [-0.05, 0) is 77.4 Å². The standard InChI is InChI=1S/C19H31N3O3/c1-14-5-6-16(18(23)21-25-13-19(2,3)24)11-17(14)20-12-15-7-9-22(4)10-8-15/h5-6,11,15,20,24H,7-10,12-13H2,1-4H3,(H,21,23). The van der Waals surface area contributed by atoms with Gasteiger partial charge in [-0.3, -0.25) is 9.63 Å². The first-order valence-corrected chi connectivity index (χ1v) is 8.92. The molecule has 0 atom stereocenters. The molecule has 0 radical (unpaired) electrons. The first-order chi connectivity index (χ1) is 11.7. The minimum absolute atomic E-state index is 0.0336. The van der Waals surface area contributed by atoms with Crippen molar-refractivity contribution < 1.29 is 14.7 Å². The molecule has 0 saturated carbocycles. The number of carbonyl (C=O) groups excluding carboxylic acids is 1. The molecule has 1 aromatic carbocycles. The molecule has 6 nitrogen and oxygen atoms in total. The van der Waals surface area contributed by atoms with E-state index in [1.165, 1.54) is 12.8 Å². The Kier molecular flexibility index (Phi) is 6.81. The van der Waals surface area contributed by atoms with E-state index in [1.54, 1.807) is 19.9 Å². The Balaban J connectivity index is 1.89. The highest BCUT2D eigenvalue weighted by molar-refractivity contribution is 5.94. The molecular formula is C19H31N3O3. The maximum Gasteiger partial charge on any atom is 0.274 e. The van der Waals surface area contributed by atoms with Crippen LogP contribution in [-0.2, 0) is 4.84 Å². The number of aliphatic hydroxyl groups is 1. The molecule has 1 aliphatic rings. The normalized spacial score (nSPS) is 16.7. The first-order valence-electron chi connectivity index (χ1n) is 8.92. The number of likely N-dealkylation sites (tertiary alicyclic amines) is 1. The number of rotatable bonds is 7. The van der Waals surface area contributed by atoms with Gasteiger partial charge in [0.05, 0.1) is 5.60 Å². The van der Waals surface area contributed by atoms with E-state index in [1.807, 2.05) is 19.1 Å². The fraction of sp³-hybridized carbons (Fsp3) is 0.632. The van der Waals surface area contributed by atoms with E-state index in [9.17, 15) is 9.90 Å². The molecule has 2 rings (SSSR count). The monoisotopic (exact) mass is 349 g/mol. The van der Waals surface area contributed by atoms with Gasteiger partial charge in [0.1, 0.15) is 6.61 Å². The molecule has 0 aliphatic carbocycles. The fourth-order valence-electron chi connectivity index (χ4n) is 2.81. The van der Waals surface area contributed by atoms with E-state index < -0.39 is 5.60 Å². The number of aryl methyl sites for hydroxylation is 1. The third kappa shape index (κ3) is 6.65. The Morgan fingerprint density at radius 2 is 2.04 bits per heavy atom. The minimum Gasteiger partial charge on any atom is -0.388 e. The Labute approximate surface area is 150 Å². The van der Waals surface area contributed by atoms with Crippen molar-refractivity contribution >= 4 is 11.6 Å². The average Bonchev–Trinajstić information content (AvgIpc) is 2.54. The van der Waals surface area contributed by atoms with Crippen LogP contribution >= 0.6 is 0 Å². The second-order valence-electron chi connectivity index (χ2n) is 7.69. The van der Waals surface area contributed by atoms with Crippen molar-refractivity contribution in [2.45, 2.75) is 39.2 Å². The SMILES string of the molecule is Cc1ccc(C(=O)NOCC(C)(C)O)cc1NCC1CCN(C)CC1. The molecule has 0 unspecified atom stereocenters. The van der Waals surface area contributed by atoms with Crippen molar-refractivity contribution in [1.82, 2.24) is 10.4 Å². The van der Waals surface area contributed by atoms with Crippen LogP contribution in [0.4, 0.5) is 5.69 Å². The number of benzene rings is 1. The van der Waals surface area contributed by atoms with Gasteiger partial charge < -0.3 is 15.3 Å². The topological polar surface area (TPSA) is 73.8 Å².